The molecule has 0 aliphatic heterocycles. The second kappa shape index (κ2) is 7.36. The number of halogens is 2. The number of methoxy groups -OCH3 is 1. The summed E-state index contributed by atoms with van der Waals surface area (Å²) in [5.74, 6) is 0. The van der Waals surface area contributed by atoms with E-state index in [1.54, 1.807) is 7.11 Å². The van der Waals surface area contributed by atoms with Gasteiger partial charge in [0.15, 0.2) is 0 Å². The minimum absolute atomic E-state index is 0.631. The predicted octanol–water partition coefficient (Wildman–Crippen LogP) is 4.48. The molecule has 0 heterocycles. The van der Waals surface area contributed by atoms with Crippen molar-refractivity contribution in [3.63, 3.8) is 0 Å². The first-order valence-electron chi connectivity index (χ1n) is 6.32. The van der Waals surface area contributed by atoms with Gasteiger partial charge >= 0.3 is 0 Å². The molecule has 0 amide bonds. The second-order valence-electron chi connectivity index (χ2n) is 4.55. The summed E-state index contributed by atoms with van der Waals surface area (Å²) in [5, 5.41) is 10.5. The maximum absolute atomic E-state index is 10.5. The van der Waals surface area contributed by atoms with Crippen molar-refractivity contribution in [3.8, 4) is 0 Å². The zero-order valence-electron chi connectivity index (χ0n) is 11.1. The van der Waals surface area contributed by atoms with E-state index in [1.807, 2.05) is 42.5 Å². The third-order valence-electron chi connectivity index (χ3n) is 3.15. The van der Waals surface area contributed by atoms with Crippen LogP contribution in [0, 0.1) is 0 Å². The summed E-state index contributed by atoms with van der Waals surface area (Å²) in [7, 11) is 1.70. The maximum atomic E-state index is 10.5. The van der Waals surface area contributed by atoms with Crippen molar-refractivity contribution in [1.29, 1.82) is 0 Å². The highest BCUT2D eigenvalue weighted by Gasteiger charge is 2.13. The van der Waals surface area contributed by atoms with Crippen LogP contribution in [0.15, 0.2) is 51.4 Å². The fourth-order valence-corrected chi connectivity index (χ4v) is 3.25. The van der Waals surface area contributed by atoms with E-state index in [2.05, 4.69) is 31.9 Å². The van der Waals surface area contributed by atoms with Gasteiger partial charge in [-0.2, -0.15) is 0 Å². The van der Waals surface area contributed by atoms with Gasteiger partial charge in [-0.15, -0.1) is 0 Å². The highest BCUT2D eigenvalue weighted by Crippen LogP contribution is 2.30. The maximum Gasteiger partial charge on any atom is 0.105 e. The number of hydrogen-bond donors (Lipinski definition) is 1. The lowest BCUT2D eigenvalue weighted by Gasteiger charge is -2.14. The number of aliphatic hydroxyl groups excluding tert-OH is 1. The zero-order valence-corrected chi connectivity index (χ0v) is 14.3. The van der Waals surface area contributed by atoms with Crippen LogP contribution in [0.25, 0.3) is 0 Å². The Bertz CT molecular complexity index is 567. The Kier molecular flexibility index (Phi) is 5.78. The van der Waals surface area contributed by atoms with E-state index in [0.29, 0.717) is 6.61 Å². The molecule has 0 aliphatic rings. The molecule has 2 rings (SSSR count). The van der Waals surface area contributed by atoms with Gasteiger partial charge in [0, 0.05) is 16.1 Å². The smallest absolute Gasteiger partial charge is 0.105 e. The zero-order chi connectivity index (χ0) is 14.5. The molecule has 0 spiro atoms. The van der Waals surface area contributed by atoms with Crippen LogP contribution in [0.3, 0.4) is 0 Å². The number of benzene rings is 2. The Morgan fingerprint density at radius 3 is 2.40 bits per heavy atom. The van der Waals surface area contributed by atoms with Gasteiger partial charge in [-0.25, -0.2) is 0 Å². The van der Waals surface area contributed by atoms with Crippen molar-refractivity contribution in [1.82, 2.24) is 0 Å². The van der Waals surface area contributed by atoms with Gasteiger partial charge in [0.2, 0.25) is 0 Å². The molecule has 0 fully saturated rings. The molecule has 0 saturated carbocycles. The molecule has 1 unspecified atom stereocenters. The van der Waals surface area contributed by atoms with Crippen molar-refractivity contribution >= 4 is 31.9 Å². The van der Waals surface area contributed by atoms with Crippen LogP contribution in [0.5, 0.6) is 0 Å². The quantitative estimate of drug-likeness (QED) is 0.802. The standard InChI is InChI=1S/C16H16Br2O2/c1-20-9-8-11-2-4-12(5-3-11)16(19)14-7-6-13(17)10-15(14)18/h2-7,10,16,19H,8-9H2,1H3. The molecule has 20 heavy (non-hydrogen) atoms. The SMILES string of the molecule is COCCc1ccc(C(O)c2ccc(Br)cc2Br)cc1. The van der Waals surface area contributed by atoms with E-state index in [9.17, 15) is 5.11 Å². The van der Waals surface area contributed by atoms with Crippen molar-refractivity contribution in [2.45, 2.75) is 12.5 Å². The first-order chi connectivity index (χ1) is 9.61. The molecule has 1 N–H and O–H groups in total. The van der Waals surface area contributed by atoms with Gasteiger partial charge in [0.25, 0.3) is 0 Å². The highest BCUT2D eigenvalue weighted by atomic mass is 79.9. The summed E-state index contributed by atoms with van der Waals surface area (Å²) in [6.45, 7) is 0.708. The normalized spacial score (nSPS) is 12.4. The molecular formula is C16H16Br2O2. The summed E-state index contributed by atoms with van der Waals surface area (Å²) in [5.41, 5.74) is 2.95. The first-order valence-corrected chi connectivity index (χ1v) is 7.91. The summed E-state index contributed by atoms with van der Waals surface area (Å²) in [4.78, 5) is 0. The Hall–Kier alpha value is -0.680. The molecule has 2 aromatic carbocycles. The summed E-state index contributed by atoms with van der Waals surface area (Å²) in [6.07, 6.45) is 0.253. The van der Waals surface area contributed by atoms with Crippen LogP contribution >= 0.6 is 31.9 Å². The third-order valence-corrected chi connectivity index (χ3v) is 4.33. The van der Waals surface area contributed by atoms with Crippen LogP contribution in [0.4, 0.5) is 0 Å². The third kappa shape index (κ3) is 3.92. The summed E-state index contributed by atoms with van der Waals surface area (Å²) >= 11 is 6.90. The Morgan fingerprint density at radius 1 is 1.10 bits per heavy atom. The van der Waals surface area contributed by atoms with Gasteiger partial charge < -0.3 is 9.84 Å². The van der Waals surface area contributed by atoms with Gasteiger partial charge in [0.1, 0.15) is 6.10 Å². The average molecular weight is 400 g/mol. The molecule has 0 radical (unpaired) electrons. The topological polar surface area (TPSA) is 29.5 Å². The van der Waals surface area contributed by atoms with Crippen molar-refractivity contribution in [2.75, 3.05) is 13.7 Å². The van der Waals surface area contributed by atoms with Crippen LogP contribution in [-0.2, 0) is 11.2 Å². The Morgan fingerprint density at radius 2 is 1.80 bits per heavy atom. The van der Waals surface area contributed by atoms with Crippen LogP contribution < -0.4 is 0 Å². The average Bonchev–Trinajstić information content (AvgIpc) is 2.45. The molecule has 0 aromatic heterocycles. The fraction of sp³-hybridized carbons (Fsp3) is 0.250. The lowest BCUT2D eigenvalue weighted by atomic mass is 10.00. The molecule has 106 valence electrons. The lowest BCUT2D eigenvalue weighted by molar-refractivity contribution is 0.202. The Labute approximate surface area is 136 Å². The van der Waals surface area contributed by atoms with Crippen LogP contribution in [-0.4, -0.2) is 18.8 Å². The van der Waals surface area contributed by atoms with E-state index < -0.39 is 6.10 Å². The molecule has 1 atom stereocenters. The van der Waals surface area contributed by atoms with Crippen molar-refractivity contribution in [3.05, 3.63) is 68.1 Å². The molecular weight excluding hydrogens is 384 g/mol. The number of ether oxygens (including phenoxy) is 1. The van der Waals surface area contributed by atoms with E-state index >= 15 is 0 Å². The number of rotatable bonds is 5. The van der Waals surface area contributed by atoms with Gasteiger partial charge in [-0.1, -0.05) is 62.2 Å². The van der Waals surface area contributed by atoms with Crippen molar-refractivity contribution < 1.29 is 9.84 Å². The molecule has 0 bridgehead atoms. The van der Waals surface area contributed by atoms with Gasteiger partial charge in [-0.05, 0) is 35.2 Å². The predicted molar refractivity (Wildman–Crippen MR) is 87.9 cm³/mol. The fourth-order valence-electron chi connectivity index (χ4n) is 1.99. The molecule has 2 aromatic rings. The Balaban J connectivity index is 2.18. The van der Waals surface area contributed by atoms with E-state index in [0.717, 1.165) is 26.5 Å². The van der Waals surface area contributed by atoms with Crippen molar-refractivity contribution in [2.24, 2.45) is 0 Å². The number of aliphatic hydroxyl groups is 1. The van der Waals surface area contributed by atoms with E-state index in [1.165, 1.54) is 5.56 Å². The van der Waals surface area contributed by atoms with Crippen LogP contribution in [0.1, 0.15) is 22.8 Å². The first kappa shape index (κ1) is 15.7. The number of hydrogen-bond acceptors (Lipinski definition) is 2. The largest absolute Gasteiger partial charge is 0.384 e. The lowest BCUT2D eigenvalue weighted by Crippen LogP contribution is -2.01. The molecule has 0 aliphatic carbocycles. The summed E-state index contributed by atoms with van der Waals surface area (Å²) in [6, 6.07) is 13.8. The van der Waals surface area contributed by atoms with E-state index in [4.69, 9.17) is 4.74 Å². The monoisotopic (exact) mass is 398 g/mol. The van der Waals surface area contributed by atoms with Gasteiger partial charge in [0.05, 0.1) is 6.61 Å². The molecule has 2 nitrogen and oxygen atoms in total. The van der Waals surface area contributed by atoms with E-state index in [-0.39, 0.29) is 0 Å². The van der Waals surface area contributed by atoms with Crippen LogP contribution in [0.2, 0.25) is 0 Å². The minimum Gasteiger partial charge on any atom is -0.384 e. The van der Waals surface area contributed by atoms with Gasteiger partial charge in [-0.3, -0.25) is 0 Å². The second-order valence-corrected chi connectivity index (χ2v) is 6.32. The minimum atomic E-state index is -0.631. The summed E-state index contributed by atoms with van der Waals surface area (Å²) < 4.78 is 6.93. The highest BCUT2D eigenvalue weighted by molar-refractivity contribution is 9.11. The molecule has 0 saturated heterocycles. The molecule has 4 heteroatoms.